The van der Waals surface area contributed by atoms with Gasteiger partial charge in [0.25, 0.3) is 0 Å². The third-order valence-corrected chi connectivity index (χ3v) is 14.0. The van der Waals surface area contributed by atoms with Crippen LogP contribution in [0.5, 0.6) is 0 Å². The smallest absolute Gasteiger partial charge is 0.137 e. The van der Waals surface area contributed by atoms with Crippen molar-refractivity contribution in [2.75, 3.05) is 4.90 Å². The van der Waals surface area contributed by atoms with Crippen molar-refractivity contribution in [3.63, 3.8) is 0 Å². The Labute approximate surface area is 384 Å². The summed E-state index contributed by atoms with van der Waals surface area (Å²) in [5.41, 5.74) is 21.1. The van der Waals surface area contributed by atoms with Crippen molar-refractivity contribution in [3.8, 4) is 50.2 Å². The molecule has 0 bridgehead atoms. The van der Waals surface area contributed by atoms with Gasteiger partial charge in [-0.2, -0.15) is 0 Å². The molecule has 2 aromatic heterocycles. The van der Waals surface area contributed by atoms with Gasteiger partial charge in [-0.05, 0) is 117 Å². The van der Waals surface area contributed by atoms with Gasteiger partial charge in [0.15, 0.2) is 0 Å². The fourth-order valence-electron chi connectivity index (χ4n) is 10.8. The van der Waals surface area contributed by atoms with Crippen LogP contribution in [0, 0.1) is 0 Å². The van der Waals surface area contributed by atoms with E-state index in [1.54, 1.807) is 0 Å². The first-order chi connectivity index (χ1) is 32.5. The summed E-state index contributed by atoms with van der Waals surface area (Å²) in [6, 6.07) is 83.8. The molecule has 0 radical (unpaired) electrons. The molecular formula is C63H44N2O. The number of aromatic nitrogens is 1. The number of fused-ring (bicyclic) bond motifs is 9. The normalized spacial score (nSPS) is 12.8. The van der Waals surface area contributed by atoms with Crippen LogP contribution in [0.4, 0.5) is 17.1 Å². The first-order valence-corrected chi connectivity index (χ1v) is 22.8. The van der Waals surface area contributed by atoms with E-state index in [1.165, 1.54) is 77.6 Å². The largest absolute Gasteiger partial charge is 0.456 e. The van der Waals surface area contributed by atoms with Crippen LogP contribution >= 0.6 is 0 Å². The van der Waals surface area contributed by atoms with Crippen molar-refractivity contribution in [1.29, 1.82) is 0 Å². The molecule has 0 N–H and O–H groups in total. The van der Waals surface area contributed by atoms with Gasteiger partial charge in [0.1, 0.15) is 11.2 Å². The molecule has 3 nitrogen and oxygen atoms in total. The monoisotopic (exact) mass is 844 g/mol. The molecule has 0 aliphatic heterocycles. The van der Waals surface area contributed by atoms with Crippen LogP contribution in [0.3, 0.4) is 0 Å². The number of benzene rings is 10. The maximum absolute atomic E-state index is 6.43. The third kappa shape index (κ3) is 5.90. The van der Waals surface area contributed by atoms with Crippen LogP contribution in [-0.4, -0.2) is 4.57 Å². The maximum atomic E-state index is 6.43. The van der Waals surface area contributed by atoms with Crippen molar-refractivity contribution in [3.05, 3.63) is 242 Å². The molecule has 0 fully saturated rings. The summed E-state index contributed by atoms with van der Waals surface area (Å²) < 4.78 is 8.83. The molecule has 0 saturated carbocycles. The lowest BCUT2D eigenvalue weighted by atomic mass is 9.81. The fraction of sp³-hybridized carbons (Fsp3) is 0.0476. The van der Waals surface area contributed by atoms with E-state index in [2.05, 4.69) is 248 Å². The lowest BCUT2D eigenvalue weighted by Crippen LogP contribution is -2.14. The zero-order valence-electron chi connectivity index (χ0n) is 36.7. The van der Waals surface area contributed by atoms with Gasteiger partial charge in [0, 0.05) is 38.5 Å². The second kappa shape index (κ2) is 14.8. The predicted molar refractivity (Wildman–Crippen MR) is 277 cm³/mol. The van der Waals surface area contributed by atoms with Crippen molar-refractivity contribution < 1.29 is 4.42 Å². The predicted octanol–water partition coefficient (Wildman–Crippen LogP) is 17.5. The molecular weight excluding hydrogens is 801 g/mol. The van der Waals surface area contributed by atoms with E-state index in [1.807, 2.05) is 6.07 Å². The number of nitrogens with zero attached hydrogens (tertiary/aromatic N) is 2. The molecule has 12 aromatic rings. The van der Waals surface area contributed by atoms with Crippen LogP contribution in [0.2, 0.25) is 0 Å². The minimum Gasteiger partial charge on any atom is -0.456 e. The Morgan fingerprint density at radius 1 is 0.379 bits per heavy atom. The van der Waals surface area contributed by atoms with E-state index in [0.717, 1.165) is 44.6 Å². The topological polar surface area (TPSA) is 21.3 Å². The van der Waals surface area contributed by atoms with Crippen molar-refractivity contribution in [1.82, 2.24) is 4.57 Å². The van der Waals surface area contributed by atoms with Gasteiger partial charge in [-0.3, -0.25) is 0 Å². The van der Waals surface area contributed by atoms with Gasteiger partial charge < -0.3 is 13.9 Å². The number of para-hydroxylation sites is 4. The van der Waals surface area contributed by atoms with Crippen LogP contribution in [0.25, 0.3) is 93.9 Å². The molecule has 1 aliphatic carbocycles. The lowest BCUT2D eigenvalue weighted by molar-refractivity contribution is 0.660. The molecule has 10 aromatic carbocycles. The minimum absolute atomic E-state index is 0.0568. The first kappa shape index (κ1) is 38.1. The quantitative estimate of drug-likeness (QED) is 0.159. The molecule has 312 valence electrons. The molecule has 66 heavy (non-hydrogen) atoms. The van der Waals surface area contributed by atoms with E-state index in [-0.39, 0.29) is 5.41 Å². The molecule has 2 heterocycles. The Balaban J connectivity index is 0.864. The third-order valence-electron chi connectivity index (χ3n) is 14.0. The van der Waals surface area contributed by atoms with Gasteiger partial charge >= 0.3 is 0 Å². The average molecular weight is 845 g/mol. The second-order valence-corrected chi connectivity index (χ2v) is 18.1. The molecule has 0 atom stereocenters. The molecule has 1 aliphatic rings. The lowest BCUT2D eigenvalue weighted by Gasteiger charge is -2.27. The summed E-state index contributed by atoms with van der Waals surface area (Å²) in [5, 5.41) is 4.72. The SMILES string of the molecule is CC1(C)c2ccccc2-c2ccc(-c3ccc(N(c4ccc(-c5ccc(-c6ccccc6-n6c7ccccc7c7ccccc76)cc5)cc4)c4cccc5oc6ccccc6c45)cc3)cc21. The van der Waals surface area contributed by atoms with Crippen LogP contribution in [0.15, 0.2) is 235 Å². The molecule has 13 rings (SSSR count). The highest BCUT2D eigenvalue weighted by Crippen LogP contribution is 2.50. The van der Waals surface area contributed by atoms with Crippen LogP contribution < -0.4 is 4.90 Å². The molecule has 0 amide bonds. The number of furan rings is 1. The maximum Gasteiger partial charge on any atom is 0.137 e. The van der Waals surface area contributed by atoms with Crippen LogP contribution in [0.1, 0.15) is 25.0 Å². The van der Waals surface area contributed by atoms with Gasteiger partial charge in [-0.15, -0.1) is 0 Å². The number of rotatable bonds is 7. The molecule has 0 unspecified atom stereocenters. The Hall–Kier alpha value is -8.40. The van der Waals surface area contributed by atoms with E-state index in [4.69, 9.17) is 4.42 Å². The highest BCUT2D eigenvalue weighted by molar-refractivity contribution is 6.13. The van der Waals surface area contributed by atoms with Crippen molar-refractivity contribution >= 4 is 60.8 Å². The summed E-state index contributed by atoms with van der Waals surface area (Å²) in [6.07, 6.45) is 0. The zero-order valence-corrected chi connectivity index (χ0v) is 36.7. The molecule has 0 spiro atoms. The van der Waals surface area contributed by atoms with Crippen molar-refractivity contribution in [2.24, 2.45) is 0 Å². The highest BCUT2D eigenvalue weighted by atomic mass is 16.3. The van der Waals surface area contributed by atoms with E-state index >= 15 is 0 Å². The highest BCUT2D eigenvalue weighted by Gasteiger charge is 2.35. The fourth-order valence-corrected chi connectivity index (χ4v) is 10.8. The Kier molecular flexibility index (Phi) is 8.56. The Bertz CT molecular complexity index is 3780. The van der Waals surface area contributed by atoms with E-state index in [0.29, 0.717) is 0 Å². The molecule has 3 heteroatoms. The van der Waals surface area contributed by atoms with E-state index in [9.17, 15) is 0 Å². The minimum atomic E-state index is -0.0568. The van der Waals surface area contributed by atoms with Gasteiger partial charge in [-0.1, -0.05) is 178 Å². The number of hydrogen-bond donors (Lipinski definition) is 0. The van der Waals surface area contributed by atoms with Gasteiger partial charge in [0.05, 0.1) is 27.8 Å². The summed E-state index contributed by atoms with van der Waals surface area (Å²) in [7, 11) is 0. The second-order valence-electron chi connectivity index (χ2n) is 18.1. The van der Waals surface area contributed by atoms with Crippen molar-refractivity contribution in [2.45, 2.75) is 19.3 Å². The Morgan fingerprint density at radius 2 is 0.879 bits per heavy atom. The summed E-state index contributed by atoms with van der Waals surface area (Å²) in [4.78, 5) is 2.37. The summed E-state index contributed by atoms with van der Waals surface area (Å²) in [6.45, 7) is 4.69. The number of hydrogen-bond acceptors (Lipinski definition) is 2. The number of anilines is 3. The van der Waals surface area contributed by atoms with Crippen LogP contribution in [-0.2, 0) is 5.41 Å². The van der Waals surface area contributed by atoms with E-state index < -0.39 is 0 Å². The standard InChI is InChI=1S/C63H44N2O/c1-63(2)54-19-8-3-15-49(54)50-39-34-45(40-55(50)63)43-32-37-47(38-33-43)64(59-23-13-25-61-62(59)53-18-7-12-24-60(53)66-61)46-35-30-42(31-36-46)41-26-28-44(29-27-41)48-14-4-9-20-56(48)65-57-21-10-5-16-51(57)52-17-6-11-22-58(52)65/h3-40H,1-2H3. The Morgan fingerprint density at radius 3 is 1.58 bits per heavy atom. The zero-order chi connectivity index (χ0) is 43.9. The molecule has 0 saturated heterocycles. The van der Waals surface area contributed by atoms with Gasteiger partial charge in [-0.25, -0.2) is 0 Å². The van der Waals surface area contributed by atoms with Gasteiger partial charge in [0.2, 0.25) is 0 Å². The summed E-state index contributed by atoms with van der Waals surface area (Å²) >= 11 is 0. The average Bonchev–Trinajstić information content (AvgIpc) is 4.00. The summed E-state index contributed by atoms with van der Waals surface area (Å²) in [5.74, 6) is 0. The first-order valence-electron chi connectivity index (χ1n) is 22.8.